The molecule has 2 N–H and O–H groups in total. The third-order valence-corrected chi connectivity index (χ3v) is 3.94. The van der Waals surface area contributed by atoms with Crippen LogP contribution in [0.5, 0.6) is 0 Å². The zero-order valence-electron chi connectivity index (χ0n) is 13.2. The Hall–Kier alpha value is -3.19. The van der Waals surface area contributed by atoms with Gasteiger partial charge >= 0.3 is 0 Å². The van der Waals surface area contributed by atoms with E-state index in [4.69, 9.17) is 0 Å². The van der Waals surface area contributed by atoms with Gasteiger partial charge in [-0.15, -0.1) is 0 Å². The number of pyridine rings is 1. The molecule has 0 atom stereocenters. The van der Waals surface area contributed by atoms with E-state index in [9.17, 15) is 4.79 Å². The summed E-state index contributed by atoms with van der Waals surface area (Å²) in [4.78, 5) is 24.3. The highest BCUT2D eigenvalue weighted by Gasteiger charge is 2.04. The minimum absolute atomic E-state index is 0.262. The van der Waals surface area contributed by atoms with Crippen molar-refractivity contribution in [1.29, 1.82) is 0 Å². The van der Waals surface area contributed by atoms with Gasteiger partial charge in [-0.1, -0.05) is 18.7 Å². The van der Waals surface area contributed by atoms with Gasteiger partial charge in [-0.05, 0) is 54.2 Å². The molecule has 3 rings (SSSR count). The maximum Gasteiger partial charge on any atom is 0.247 e. The average molecular weight is 349 g/mol. The van der Waals surface area contributed by atoms with Crippen LogP contribution in [-0.4, -0.2) is 20.9 Å². The van der Waals surface area contributed by atoms with Crippen LogP contribution in [0.15, 0.2) is 83.6 Å². The van der Waals surface area contributed by atoms with Crippen LogP contribution in [0.25, 0.3) is 0 Å². The summed E-state index contributed by atoms with van der Waals surface area (Å²) in [6.07, 6.45) is 4.65. The Labute approximate surface area is 149 Å². The predicted octanol–water partition coefficient (Wildman–Crippen LogP) is 3.89. The maximum atomic E-state index is 11.4. The molecule has 0 fully saturated rings. The maximum absolute atomic E-state index is 11.4. The van der Waals surface area contributed by atoms with Crippen molar-refractivity contribution in [2.24, 2.45) is 0 Å². The van der Waals surface area contributed by atoms with Gasteiger partial charge < -0.3 is 10.6 Å². The second-order valence-electron chi connectivity index (χ2n) is 4.89. The number of aromatic nitrogens is 3. The minimum Gasteiger partial charge on any atom is -0.324 e. The van der Waals surface area contributed by atoms with Crippen molar-refractivity contribution in [3.8, 4) is 0 Å². The molecular formula is C18H15N5OS. The van der Waals surface area contributed by atoms with Crippen molar-refractivity contribution < 1.29 is 4.79 Å². The monoisotopic (exact) mass is 349 g/mol. The van der Waals surface area contributed by atoms with E-state index in [-0.39, 0.29) is 5.91 Å². The Morgan fingerprint density at radius 2 is 1.88 bits per heavy atom. The number of carbonyl (C=O) groups excluding carboxylic acids is 1. The SMILES string of the molecule is C=CC(=O)Nc1cccc(Nc2nccc(Sc3ccccn3)n2)c1. The fourth-order valence-electron chi connectivity index (χ4n) is 1.97. The largest absolute Gasteiger partial charge is 0.324 e. The summed E-state index contributed by atoms with van der Waals surface area (Å²) in [5.41, 5.74) is 1.43. The molecular weight excluding hydrogens is 334 g/mol. The Kier molecular flexibility index (Phi) is 5.38. The normalized spacial score (nSPS) is 10.1. The number of hydrogen-bond acceptors (Lipinski definition) is 6. The van der Waals surface area contributed by atoms with E-state index in [1.54, 1.807) is 24.5 Å². The van der Waals surface area contributed by atoms with Crippen LogP contribution in [-0.2, 0) is 4.79 Å². The minimum atomic E-state index is -0.262. The summed E-state index contributed by atoms with van der Waals surface area (Å²) >= 11 is 1.46. The molecule has 1 aromatic carbocycles. The predicted molar refractivity (Wildman–Crippen MR) is 98.9 cm³/mol. The second kappa shape index (κ2) is 8.07. The highest BCUT2D eigenvalue weighted by atomic mass is 32.2. The summed E-state index contributed by atoms with van der Waals surface area (Å²) in [5.74, 6) is 0.204. The molecule has 0 spiro atoms. The molecule has 0 radical (unpaired) electrons. The van der Waals surface area contributed by atoms with E-state index in [1.165, 1.54) is 17.8 Å². The van der Waals surface area contributed by atoms with Crippen LogP contribution < -0.4 is 10.6 Å². The number of rotatable bonds is 6. The van der Waals surface area contributed by atoms with Crippen LogP contribution >= 0.6 is 11.8 Å². The molecule has 3 aromatic rings. The van der Waals surface area contributed by atoms with Gasteiger partial charge in [0.05, 0.1) is 0 Å². The van der Waals surface area contributed by atoms with Crippen LogP contribution in [0.4, 0.5) is 17.3 Å². The van der Waals surface area contributed by atoms with Crippen LogP contribution in [0.3, 0.4) is 0 Å². The fraction of sp³-hybridized carbons (Fsp3) is 0. The molecule has 1 amide bonds. The summed E-state index contributed by atoms with van der Waals surface area (Å²) in [5, 5.41) is 7.49. The van der Waals surface area contributed by atoms with Gasteiger partial charge in [-0.25, -0.2) is 15.0 Å². The average Bonchev–Trinajstić information content (AvgIpc) is 2.63. The molecule has 0 bridgehead atoms. The molecule has 0 saturated heterocycles. The third kappa shape index (κ3) is 4.89. The second-order valence-corrected chi connectivity index (χ2v) is 5.93. The van der Waals surface area contributed by atoms with Crippen molar-refractivity contribution >= 4 is 35.0 Å². The van der Waals surface area contributed by atoms with Gasteiger partial charge in [-0.2, -0.15) is 0 Å². The van der Waals surface area contributed by atoms with Gasteiger partial charge in [0.15, 0.2) is 0 Å². The Morgan fingerprint density at radius 3 is 2.68 bits per heavy atom. The molecule has 25 heavy (non-hydrogen) atoms. The fourth-order valence-corrected chi connectivity index (χ4v) is 2.71. The Morgan fingerprint density at radius 1 is 1.00 bits per heavy atom. The molecule has 2 heterocycles. The summed E-state index contributed by atoms with van der Waals surface area (Å²) in [6, 6.07) is 14.8. The van der Waals surface area contributed by atoms with Gasteiger partial charge in [0.1, 0.15) is 10.1 Å². The number of carbonyl (C=O) groups is 1. The van der Waals surface area contributed by atoms with Crippen molar-refractivity contribution in [3.63, 3.8) is 0 Å². The first kappa shape index (κ1) is 16.7. The first-order valence-corrected chi connectivity index (χ1v) is 8.27. The molecule has 0 aliphatic rings. The van der Waals surface area contributed by atoms with Crippen LogP contribution in [0, 0.1) is 0 Å². The van der Waals surface area contributed by atoms with E-state index in [0.717, 1.165) is 15.7 Å². The highest BCUT2D eigenvalue weighted by molar-refractivity contribution is 7.99. The van der Waals surface area contributed by atoms with E-state index in [1.807, 2.05) is 36.4 Å². The molecule has 6 nitrogen and oxygen atoms in total. The summed E-state index contributed by atoms with van der Waals surface area (Å²) in [7, 11) is 0. The lowest BCUT2D eigenvalue weighted by atomic mass is 10.2. The number of amides is 1. The lowest BCUT2D eigenvalue weighted by molar-refractivity contribution is -0.111. The molecule has 7 heteroatoms. The third-order valence-electron chi connectivity index (χ3n) is 3.05. The van der Waals surface area contributed by atoms with E-state index < -0.39 is 0 Å². The zero-order chi connectivity index (χ0) is 17.5. The van der Waals surface area contributed by atoms with Gasteiger partial charge in [-0.3, -0.25) is 4.79 Å². The lowest BCUT2D eigenvalue weighted by Crippen LogP contribution is -2.07. The van der Waals surface area contributed by atoms with Crippen molar-refractivity contribution in [1.82, 2.24) is 15.0 Å². The first-order chi connectivity index (χ1) is 12.2. The van der Waals surface area contributed by atoms with E-state index in [0.29, 0.717) is 11.6 Å². The lowest BCUT2D eigenvalue weighted by Gasteiger charge is -2.08. The van der Waals surface area contributed by atoms with E-state index >= 15 is 0 Å². The van der Waals surface area contributed by atoms with Crippen LogP contribution in [0.2, 0.25) is 0 Å². The topological polar surface area (TPSA) is 79.8 Å². The zero-order valence-corrected chi connectivity index (χ0v) is 14.0. The van der Waals surface area contributed by atoms with Crippen molar-refractivity contribution in [2.75, 3.05) is 10.6 Å². The molecule has 0 unspecified atom stereocenters. The van der Waals surface area contributed by atoms with Crippen molar-refractivity contribution in [3.05, 3.63) is 73.6 Å². The molecule has 0 aliphatic heterocycles. The van der Waals surface area contributed by atoms with Gasteiger partial charge in [0, 0.05) is 23.8 Å². The number of nitrogens with one attached hydrogen (secondary N) is 2. The molecule has 124 valence electrons. The highest BCUT2D eigenvalue weighted by Crippen LogP contribution is 2.25. The summed E-state index contributed by atoms with van der Waals surface area (Å²) in [6.45, 7) is 3.44. The number of benzene rings is 1. The molecule has 0 saturated carbocycles. The molecule has 2 aromatic heterocycles. The number of hydrogen-bond donors (Lipinski definition) is 2. The number of nitrogens with zero attached hydrogens (tertiary/aromatic N) is 3. The Bertz CT molecular complexity index is 885. The quantitative estimate of drug-likeness (QED) is 0.519. The first-order valence-electron chi connectivity index (χ1n) is 7.45. The number of anilines is 3. The Balaban J connectivity index is 1.73. The van der Waals surface area contributed by atoms with Crippen molar-refractivity contribution in [2.45, 2.75) is 10.1 Å². The summed E-state index contributed by atoms with van der Waals surface area (Å²) < 4.78 is 0. The van der Waals surface area contributed by atoms with Gasteiger partial charge in [0.25, 0.3) is 0 Å². The van der Waals surface area contributed by atoms with Gasteiger partial charge in [0.2, 0.25) is 11.9 Å². The van der Waals surface area contributed by atoms with Crippen LogP contribution in [0.1, 0.15) is 0 Å². The smallest absolute Gasteiger partial charge is 0.247 e. The van der Waals surface area contributed by atoms with E-state index in [2.05, 4.69) is 32.2 Å². The molecule has 0 aliphatic carbocycles. The standard InChI is InChI=1S/C18H15N5OS/c1-2-15(24)21-13-6-5-7-14(12-13)22-18-20-11-9-17(23-18)25-16-8-3-4-10-19-16/h2-12H,1H2,(H,21,24)(H,20,22,23).